The number of aryl methyl sites for hydroxylation is 1. The van der Waals surface area contributed by atoms with Crippen LogP contribution in [0.2, 0.25) is 0 Å². The van der Waals surface area contributed by atoms with E-state index in [1.807, 2.05) is 64.8 Å². The predicted octanol–water partition coefficient (Wildman–Crippen LogP) is 6.78. The van der Waals surface area contributed by atoms with E-state index in [2.05, 4.69) is 5.32 Å². The van der Waals surface area contributed by atoms with E-state index < -0.39 is 29.5 Å². The second-order valence-corrected chi connectivity index (χ2v) is 9.29. The number of benzene rings is 3. The number of hydrogen-bond acceptors (Lipinski definition) is 2. The van der Waals surface area contributed by atoms with Crippen molar-refractivity contribution in [2.24, 2.45) is 0 Å². The molecular weight excluding hydrogens is 503 g/mol. The van der Waals surface area contributed by atoms with E-state index in [1.54, 1.807) is 12.1 Å². The van der Waals surface area contributed by atoms with Gasteiger partial charge < -0.3 is 14.8 Å². The first-order chi connectivity index (χ1) is 18.9. The molecule has 0 radical (unpaired) electrons. The van der Waals surface area contributed by atoms with Crippen molar-refractivity contribution in [1.29, 1.82) is 0 Å². The lowest BCUT2D eigenvalue weighted by Gasteiger charge is -2.31. The molecule has 0 saturated heterocycles. The molecule has 0 aliphatic carbocycles. The zero-order valence-electron chi connectivity index (χ0n) is 21.0. The van der Waals surface area contributed by atoms with Crippen LogP contribution in [0.3, 0.4) is 0 Å². The van der Waals surface area contributed by atoms with Crippen molar-refractivity contribution >= 4 is 11.7 Å². The Bertz CT molecular complexity index is 1680. The summed E-state index contributed by atoms with van der Waals surface area (Å²) >= 11 is 0. The first-order valence-electron chi connectivity index (χ1n) is 12.6. The van der Waals surface area contributed by atoms with Crippen LogP contribution in [-0.2, 0) is 13.0 Å². The lowest BCUT2D eigenvalue weighted by molar-refractivity contribution is 0.194. The van der Waals surface area contributed by atoms with Gasteiger partial charge in [-0.05, 0) is 60.5 Å². The lowest BCUT2D eigenvalue weighted by atomic mass is 10.0. The van der Waals surface area contributed by atoms with Crippen LogP contribution >= 0.6 is 0 Å². The summed E-state index contributed by atoms with van der Waals surface area (Å²) in [6, 6.07) is 21.1. The standard InChI is InChI=1S/C30H24F3N5O/c1-2-25-23-18-37(30(39)34-26-14-13-21(32)17-24(26)33)28(19-8-6-9-20(31)16-19)27-12-7-15-36(27)29(23)38(35-25)22-10-4-3-5-11-22/h3-17,28H,2,18H2,1H3,(H,34,39)/t28-/m0/s1. The molecule has 6 nitrogen and oxygen atoms in total. The maximum absolute atomic E-state index is 14.5. The number of rotatable bonds is 4. The van der Waals surface area contributed by atoms with Gasteiger partial charge in [0.25, 0.3) is 0 Å². The van der Waals surface area contributed by atoms with Gasteiger partial charge in [0.1, 0.15) is 23.3 Å². The number of carbonyl (C=O) groups is 1. The zero-order valence-corrected chi connectivity index (χ0v) is 21.0. The van der Waals surface area contributed by atoms with Gasteiger partial charge in [0.15, 0.2) is 0 Å². The molecule has 0 fully saturated rings. The number of hydrogen-bond donors (Lipinski definition) is 1. The smallest absolute Gasteiger partial charge is 0.307 e. The van der Waals surface area contributed by atoms with Crippen LogP contribution in [0.1, 0.15) is 35.5 Å². The topological polar surface area (TPSA) is 55.1 Å². The number of halogens is 3. The van der Waals surface area contributed by atoms with E-state index >= 15 is 0 Å². The lowest BCUT2D eigenvalue weighted by Crippen LogP contribution is -2.38. The maximum Gasteiger partial charge on any atom is 0.323 e. The fourth-order valence-corrected chi connectivity index (χ4v) is 5.15. The van der Waals surface area contributed by atoms with Crippen molar-refractivity contribution in [3.05, 3.63) is 131 Å². The van der Waals surface area contributed by atoms with Crippen molar-refractivity contribution < 1.29 is 18.0 Å². The van der Waals surface area contributed by atoms with Crippen LogP contribution < -0.4 is 5.32 Å². The molecule has 0 saturated carbocycles. The average Bonchev–Trinajstić information content (AvgIpc) is 3.51. The monoisotopic (exact) mass is 527 g/mol. The minimum absolute atomic E-state index is 0.114. The summed E-state index contributed by atoms with van der Waals surface area (Å²) in [7, 11) is 0. The molecule has 5 aromatic rings. The molecule has 1 atom stereocenters. The number of carbonyl (C=O) groups excluding carboxylic acids is 1. The van der Waals surface area contributed by atoms with Crippen LogP contribution in [0.25, 0.3) is 11.5 Å². The van der Waals surface area contributed by atoms with E-state index in [4.69, 9.17) is 5.10 Å². The van der Waals surface area contributed by atoms with E-state index in [-0.39, 0.29) is 12.2 Å². The molecule has 0 unspecified atom stereocenters. The van der Waals surface area contributed by atoms with Crippen molar-refractivity contribution in [1.82, 2.24) is 19.2 Å². The maximum atomic E-state index is 14.5. The van der Waals surface area contributed by atoms with Gasteiger partial charge in [-0.2, -0.15) is 5.10 Å². The van der Waals surface area contributed by atoms with Gasteiger partial charge in [-0.1, -0.05) is 37.3 Å². The van der Waals surface area contributed by atoms with Gasteiger partial charge in [-0.25, -0.2) is 22.6 Å². The number of amides is 2. The first kappa shape index (κ1) is 24.5. The number of nitrogens with one attached hydrogen (secondary N) is 1. The Kier molecular flexibility index (Phi) is 6.18. The molecule has 2 amide bonds. The van der Waals surface area contributed by atoms with Gasteiger partial charge in [0.2, 0.25) is 0 Å². The molecule has 0 spiro atoms. The van der Waals surface area contributed by atoms with E-state index in [9.17, 15) is 18.0 Å². The SMILES string of the molecule is CCc1nn(-c2ccccc2)c2c1CN(C(=O)Nc1ccc(F)cc1F)[C@@H](c1cccc(F)c1)c1cccn1-2. The molecule has 1 aliphatic heterocycles. The highest BCUT2D eigenvalue weighted by Crippen LogP contribution is 2.39. The molecule has 6 rings (SSSR count). The Hall–Kier alpha value is -4.79. The second-order valence-electron chi connectivity index (χ2n) is 9.29. The Morgan fingerprint density at radius 1 is 0.949 bits per heavy atom. The van der Waals surface area contributed by atoms with Gasteiger partial charge in [-0.15, -0.1) is 0 Å². The van der Waals surface area contributed by atoms with Crippen molar-refractivity contribution in [3.8, 4) is 11.5 Å². The second kappa shape index (κ2) is 9.83. The summed E-state index contributed by atoms with van der Waals surface area (Å²) in [6.07, 6.45) is 2.49. The minimum atomic E-state index is -0.893. The first-order valence-corrected chi connectivity index (χ1v) is 12.6. The minimum Gasteiger partial charge on any atom is -0.307 e. The Morgan fingerprint density at radius 3 is 2.49 bits per heavy atom. The summed E-state index contributed by atoms with van der Waals surface area (Å²) in [5.74, 6) is -1.32. The third-order valence-corrected chi connectivity index (χ3v) is 6.90. The van der Waals surface area contributed by atoms with E-state index in [0.29, 0.717) is 23.7 Å². The van der Waals surface area contributed by atoms with Crippen molar-refractivity contribution in [2.75, 3.05) is 5.32 Å². The number of aromatic nitrogens is 3. The highest BCUT2D eigenvalue weighted by molar-refractivity contribution is 5.90. The zero-order chi connectivity index (χ0) is 27.1. The van der Waals surface area contributed by atoms with Crippen LogP contribution in [0.4, 0.5) is 23.7 Å². The predicted molar refractivity (Wildman–Crippen MR) is 141 cm³/mol. The van der Waals surface area contributed by atoms with Crippen LogP contribution in [0.15, 0.2) is 91.1 Å². The largest absolute Gasteiger partial charge is 0.323 e. The highest BCUT2D eigenvalue weighted by Gasteiger charge is 2.36. The Labute approximate surface area is 222 Å². The summed E-state index contributed by atoms with van der Waals surface area (Å²) < 4.78 is 46.3. The number of nitrogens with zero attached hydrogens (tertiary/aromatic N) is 4. The molecule has 3 heterocycles. The number of urea groups is 1. The summed E-state index contributed by atoms with van der Waals surface area (Å²) in [6.45, 7) is 2.10. The summed E-state index contributed by atoms with van der Waals surface area (Å²) in [5, 5.41) is 7.48. The number of para-hydroxylation sites is 1. The quantitative estimate of drug-likeness (QED) is 0.280. The third kappa shape index (κ3) is 4.35. The number of anilines is 1. The van der Waals surface area contributed by atoms with Gasteiger partial charge >= 0.3 is 6.03 Å². The van der Waals surface area contributed by atoms with Crippen LogP contribution in [0.5, 0.6) is 0 Å². The molecule has 1 N–H and O–H groups in total. The van der Waals surface area contributed by atoms with Crippen molar-refractivity contribution in [3.63, 3.8) is 0 Å². The molecule has 9 heteroatoms. The molecule has 2 aromatic heterocycles. The average molecular weight is 528 g/mol. The fourth-order valence-electron chi connectivity index (χ4n) is 5.15. The van der Waals surface area contributed by atoms with Gasteiger partial charge in [0.05, 0.1) is 35.3 Å². The highest BCUT2D eigenvalue weighted by atomic mass is 19.1. The molecule has 1 aliphatic rings. The Morgan fingerprint density at radius 2 is 1.74 bits per heavy atom. The van der Waals surface area contributed by atoms with E-state index in [0.717, 1.165) is 28.8 Å². The normalized spacial score (nSPS) is 14.5. The van der Waals surface area contributed by atoms with Gasteiger partial charge in [0, 0.05) is 17.8 Å². The van der Waals surface area contributed by atoms with Crippen molar-refractivity contribution in [2.45, 2.75) is 25.9 Å². The molecule has 3 aromatic carbocycles. The van der Waals surface area contributed by atoms with E-state index in [1.165, 1.54) is 23.1 Å². The van der Waals surface area contributed by atoms with Crippen LogP contribution in [0, 0.1) is 17.5 Å². The fraction of sp³-hybridized carbons (Fsp3) is 0.133. The Balaban J connectivity index is 1.55. The summed E-state index contributed by atoms with van der Waals surface area (Å²) in [5.41, 5.74) is 3.55. The molecular formula is C30H24F3N5O. The number of fused-ring (bicyclic) bond motifs is 3. The van der Waals surface area contributed by atoms with Crippen LogP contribution in [-0.4, -0.2) is 25.3 Å². The van der Waals surface area contributed by atoms with Gasteiger partial charge in [-0.3, -0.25) is 0 Å². The molecule has 39 heavy (non-hydrogen) atoms. The third-order valence-electron chi connectivity index (χ3n) is 6.90. The summed E-state index contributed by atoms with van der Waals surface area (Å²) in [4.78, 5) is 15.4. The molecule has 196 valence electrons. The molecule has 0 bridgehead atoms.